The molecule has 0 saturated heterocycles. The molecule has 10 heteroatoms. The van der Waals surface area contributed by atoms with E-state index in [2.05, 4.69) is 26.2 Å². The van der Waals surface area contributed by atoms with E-state index in [9.17, 15) is 19.2 Å². The van der Waals surface area contributed by atoms with Crippen LogP contribution in [0.5, 0.6) is 0 Å². The second kappa shape index (κ2) is 7.67. The predicted molar refractivity (Wildman–Crippen MR) is 117 cm³/mol. The van der Waals surface area contributed by atoms with E-state index in [0.29, 0.717) is 11.3 Å². The van der Waals surface area contributed by atoms with Gasteiger partial charge in [0.1, 0.15) is 0 Å². The van der Waals surface area contributed by atoms with Crippen molar-refractivity contribution in [1.82, 2.24) is 18.7 Å². The van der Waals surface area contributed by atoms with Gasteiger partial charge in [-0.1, -0.05) is 20.8 Å². The molecule has 0 atom stereocenters. The van der Waals surface area contributed by atoms with Gasteiger partial charge in [-0.3, -0.25) is 28.1 Å². The Bertz CT molecular complexity index is 1280. The summed E-state index contributed by atoms with van der Waals surface area (Å²) in [6, 6.07) is 6.55. The number of nitrogens with one attached hydrogen (secondary N) is 1. The van der Waals surface area contributed by atoms with Crippen molar-refractivity contribution in [3.63, 3.8) is 0 Å². The highest BCUT2D eigenvalue weighted by Crippen LogP contribution is 2.20. The summed E-state index contributed by atoms with van der Waals surface area (Å²) in [5.74, 6) is -0.366. The number of hydrogen-bond acceptors (Lipinski definition) is 5. The Labute approximate surface area is 180 Å². The van der Waals surface area contributed by atoms with Crippen LogP contribution < -0.4 is 16.6 Å². The number of anilines is 1. The molecule has 0 saturated carbocycles. The van der Waals surface area contributed by atoms with E-state index in [1.807, 2.05) is 20.8 Å². The second-order valence-corrected chi connectivity index (χ2v) is 8.76. The maximum absolute atomic E-state index is 12.8. The van der Waals surface area contributed by atoms with Crippen molar-refractivity contribution in [1.29, 1.82) is 0 Å². The molecule has 2 heterocycles. The average molecular weight is 476 g/mol. The van der Waals surface area contributed by atoms with Crippen molar-refractivity contribution in [3.8, 4) is 0 Å². The van der Waals surface area contributed by atoms with E-state index in [4.69, 9.17) is 0 Å². The molecule has 158 valence electrons. The van der Waals surface area contributed by atoms with Gasteiger partial charge in [0, 0.05) is 30.8 Å². The molecule has 3 rings (SSSR count). The number of halogens is 1. The Kier molecular flexibility index (Phi) is 5.55. The molecule has 0 spiro atoms. The van der Waals surface area contributed by atoms with E-state index in [0.717, 1.165) is 4.57 Å². The zero-order chi connectivity index (χ0) is 22.4. The number of amides is 1. The highest BCUT2D eigenvalue weighted by molar-refractivity contribution is 9.10. The van der Waals surface area contributed by atoms with Gasteiger partial charge >= 0.3 is 5.69 Å². The van der Waals surface area contributed by atoms with Crippen molar-refractivity contribution in [2.75, 3.05) is 5.32 Å². The number of aromatic nitrogens is 4. The highest BCUT2D eigenvalue weighted by Gasteiger charge is 2.22. The molecule has 30 heavy (non-hydrogen) atoms. The lowest BCUT2D eigenvalue weighted by atomic mass is 9.95. The van der Waals surface area contributed by atoms with Crippen LogP contribution in [-0.4, -0.2) is 30.4 Å². The Morgan fingerprint density at radius 1 is 1.07 bits per heavy atom. The fourth-order valence-electron chi connectivity index (χ4n) is 2.90. The number of rotatable bonds is 4. The summed E-state index contributed by atoms with van der Waals surface area (Å²) in [5.41, 5.74) is -0.197. The van der Waals surface area contributed by atoms with Crippen LogP contribution in [0.15, 0.2) is 38.6 Å². The lowest BCUT2D eigenvalue weighted by molar-refractivity contribution is -0.123. The number of ketones is 1. The molecule has 1 amide bonds. The van der Waals surface area contributed by atoms with Crippen LogP contribution in [-0.2, 0) is 25.4 Å². The van der Waals surface area contributed by atoms with Gasteiger partial charge in [0.05, 0.1) is 6.54 Å². The van der Waals surface area contributed by atoms with Crippen LogP contribution in [0.1, 0.15) is 31.1 Å². The minimum Gasteiger partial charge on any atom is -0.326 e. The van der Waals surface area contributed by atoms with Crippen molar-refractivity contribution in [3.05, 3.63) is 55.4 Å². The normalized spacial score (nSPS) is 11.7. The van der Waals surface area contributed by atoms with Crippen LogP contribution in [0.3, 0.4) is 0 Å². The van der Waals surface area contributed by atoms with Gasteiger partial charge in [-0.15, -0.1) is 0 Å². The van der Waals surface area contributed by atoms with Crippen LogP contribution in [0, 0.1) is 5.41 Å². The minimum absolute atomic E-state index is 0.0968. The fourth-order valence-corrected chi connectivity index (χ4v) is 3.37. The monoisotopic (exact) mass is 475 g/mol. The molecule has 1 aromatic carbocycles. The Balaban J connectivity index is 1.91. The zero-order valence-corrected chi connectivity index (χ0v) is 18.9. The Hall–Kier alpha value is -3.01. The topological polar surface area (TPSA) is 108 Å². The molecule has 0 bridgehead atoms. The Morgan fingerprint density at radius 2 is 1.67 bits per heavy atom. The van der Waals surface area contributed by atoms with Gasteiger partial charge < -0.3 is 5.32 Å². The van der Waals surface area contributed by atoms with Gasteiger partial charge in [-0.05, 0) is 40.2 Å². The van der Waals surface area contributed by atoms with Gasteiger partial charge in [0.2, 0.25) is 5.91 Å². The lowest BCUT2D eigenvalue weighted by Crippen LogP contribution is -2.37. The van der Waals surface area contributed by atoms with Crippen LogP contribution in [0.25, 0.3) is 11.2 Å². The van der Waals surface area contributed by atoms with Gasteiger partial charge in [0.25, 0.3) is 5.56 Å². The molecule has 0 unspecified atom stereocenters. The third-order valence-corrected chi connectivity index (χ3v) is 5.35. The SMILES string of the molecule is Cn1c(=O)c2nc(Br)n(CC(=O)c3ccc(NC(=O)C(C)(C)C)cc3)c2n(C)c1=O. The molecule has 1 N–H and O–H groups in total. The van der Waals surface area contributed by atoms with Crippen molar-refractivity contribution < 1.29 is 9.59 Å². The standard InChI is InChI=1S/C20H22BrN5O4/c1-20(2,3)17(29)22-12-8-6-11(7-9-12)13(27)10-26-15-14(23-18(26)21)16(28)25(5)19(30)24(15)4/h6-9H,10H2,1-5H3,(H,22,29). The summed E-state index contributed by atoms with van der Waals surface area (Å²) >= 11 is 3.27. The van der Waals surface area contributed by atoms with E-state index >= 15 is 0 Å². The summed E-state index contributed by atoms with van der Waals surface area (Å²) in [6.07, 6.45) is 0. The number of imidazole rings is 1. The van der Waals surface area contributed by atoms with E-state index in [1.165, 1.54) is 23.2 Å². The molecular formula is C20H22BrN5O4. The summed E-state index contributed by atoms with van der Waals surface area (Å²) in [7, 11) is 2.90. The predicted octanol–water partition coefficient (Wildman–Crippen LogP) is 2.06. The average Bonchev–Trinajstić information content (AvgIpc) is 3.01. The molecule has 3 aromatic rings. The first-order valence-electron chi connectivity index (χ1n) is 9.18. The summed E-state index contributed by atoms with van der Waals surface area (Å²) in [6.45, 7) is 5.32. The first kappa shape index (κ1) is 21.7. The molecule has 0 radical (unpaired) electrons. The quantitative estimate of drug-likeness (QED) is 0.458. The number of benzene rings is 1. The zero-order valence-electron chi connectivity index (χ0n) is 17.3. The van der Waals surface area contributed by atoms with Gasteiger partial charge in [-0.25, -0.2) is 9.78 Å². The second-order valence-electron chi connectivity index (χ2n) is 8.05. The summed E-state index contributed by atoms with van der Waals surface area (Å²) in [4.78, 5) is 53.7. The summed E-state index contributed by atoms with van der Waals surface area (Å²) < 4.78 is 4.01. The molecule has 0 aliphatic carbocycles. The molecular weight excluding hydrogens is 454 g/mol. The van der Waals surface area contributed by atoms with E-state index in [-0.39, 0.29) is 34.1 Å². The third-order valence-electron chi connectivity index (χ3n) is 4.74. The van der Waals surface area contributed by atoms with Crippen molar-refractivity contribution >= 4 is 44.5 Å². The molecule has 2 aromatic heterocycles. The number of aryl methyl sites for hydroxylation is 1. The van der Waals surface area contributed by atoms with Gasteiger partial charge in [-0.2, -0.15) is 0 Å². The minimum atomic E-state index is -0.532. The molecule has 0 aliphatic heterocycles. The van der Waals surface area contributed by atoms with E-state index < -0.39 is 16.7 Å². The van der Waals surface area contributed by atoms with Crippen LogP contribution in [0.4, 0.5) is 5.69 Å². The molecule has 0 fully saturated rings. The van der Waals surface area contributed by atoms with Crippen molar-refractivity contribution in [2.45, 2.75) is 27.3 Å². The molecule has 0 aliphatic rings. The third kappa shape index (κ3) is 3.87. The molecule has 9 nitrogen and oxygen atoms in total. The largest absolute Gasteiger partial charge is 0.332 e. The first-order valence-corrected chi connectivity index (χ1v) is 9.97. The first-order chi connectivity index (χ1) is 13.9. The number of carbonyl (C=O) groups excluding carboxylic acids is 2. The number of hydrogen-bond donors (Lipinski definition) is 1. The maximum atomic E-state index is 12.8. The number of nitrogens with zero attached hydrogens (tertiary/aromatic N) is 4. The van der Waals surface area contributed by atoms with Gasteiger partial charge in [0.15, 0.2) is 21.7 Å². The summed E-state index contributed by atoms with van der Waals surface area (Å²) in [5, 5.41) is 2.80. The number of carbonyl (C=O) groups is 2. The number of fused-ring (bicyclic) bond motifs is 1. The maximum Gasteiger partial charge on any atom is 0.332 e. The Morgan fingerprint density at radius 3 is 2.23 bits per heavy atom. The van der Waals surface area contributed by atoms with E-state index in [1.54, 1.807) is 24.3 Å². The fraction of sp³-hybridized carbons (Fsp3) is 0.350. The number of Topliss-reactive ketones (excluding diaryl/α,β-unsaturated/α-hetero) is 1. The highest BCUT2D eigenvalue weighted by atomic mass is 79.9. The van der Waals surface area contributed by atoms with Crippen LogP contribution in [0.2, 0.25) is 0 Å². The smallest absolute Gasteiger partial charge is 0.326 e. The van der Waals surface area contributed by atoms with Crippen molar-refractivity contribution in [2.24, 2.45) is 19.5 Å². The lowest BCUT2D eigenvalue weighted by Gasteiger charge is -2.17. The van der Waals surface area contributed by atoms with Crippen LogP contribution >= 0.6 is 15.9 Å².